The second kappa shape index (κ2) is 13.2. The number of benzene rings is 2. The van der Waals surface area contributed by atoms with Crippen LogP contribution in [0.3, 0.4) is 0 Å². The Kier molecular flexibility index (Phi) is 9.84. The molecule has 0 amide bonds. The third kappa shape index (κ3) is 5.99. The van der Waals surface area contributed by atoms with Crippen LogP contribution in [0, 0.1) is 0 Å². The van der Waals surface area contributed by atoms with Gasteiger partial charge in [0, 0.05) is 41.9 Å². The number of fused-ring (bicyclic) bond motifs is 1. The van der Waals surface area contributed by atoms with Crippen LogP contribution in [0.2, 0.25) is 0 Å². The molecule has 5 aromatic rings. The summed E-state index contributed by atoms with van der Waals surface area (Å²) in [6.45, 7) is 3.50. The van der Waals surface area contributed by atoms with Crippen molar-refractivity contribution in [3.8, 4) is 22.4 Å². The third-order valence-electron chi connectivity index (χ3n) is 8.29. The first-order valence-corrected chi connectivity index (χ1v) is 13.7. The van der Waals surface area contributed by atoms with E-state index in [2.05, 4.69) is 102 Å². The second-order valence-electron chi connectivity index (χ2n) is 10.7. The van der Waals surface area contributed by atoms with Gasteiger partial charge in [-0.3, -0.25) is 4.98 Å². The van der Waals surface area contributed by atoms with Crippen molar-refractivity contribution in [3.05, 3.63) is 91.0 Å². The van der Waals surface area contributed by atoms with Crippen LogP contribution in [-0.2, 0) is 5.54 Å². The van der Waals surface area contributed by atoms with E-state index in [-0.39, 0.29) is 42.8 Å². The Morgan fingerprint density at radius 1 is 0.810 bits per heavy atom. The summed E-state index contributed by atoms with van der Waals surface area (Å²) in [6.07, 6.45) is 10.9. The molecule has 0 unspecified atom stereocenters. The number of piperazine rings is 1. The summed E-state index contributed by atoms with van der Waals surface area (Å²) in [5.41, 5.74) is 11.1. The maximum atomic E-state index is 5.22. The maximum Gasteiger partial charge on any atom is 0.443 e. The molecular formula is C31H33Cl3N8. The zero-order valence-corrected chi connectivity index (χ0v) is 25.4. The van der Waals surface area contributed by atoms with E-state index in [1.165, 1.54) is 12.0 Å². The number of aromatic amines is 2. The van der Waals surface area contributed by atoms with Crippen LogP contribution in [0.15, 0.2) is 85.5 Å². The van der Waals surface area contributed by atoms with Gasteiger partial charge >= 0.3 is 11.6 Å². The molecule has 218 valence electrons. The Balaban J connectivity index is 0.00000135. The topological polar surface area (TPSA) is 101 Å². The molecule has 4 heterocycles. The number of aromatic nitrogens is 5. The van der Waals surface area contributed by atoms with Gasteiger partial charge in [0.1, 0.15) is 36.0 Å². The lowest BCUT2D eigenvalue weighted by atomic mass is 9.72. The molecule has 2 aliphatic rings. The highest BCUT2D eigenvalue weighted by Crippen LogP contribution is 2.38. The first-order chi connectivity index (χ1) is 19.2. The average Bonchev–Trinajstić information content (AvgIpc) is 3.00. The zero-order chi connectivity index (χ0) is 26.2. The first-order valence-electron chi connectivity index (χ1n) is 13.7. The van der Waals surface area contributed by atoms with E-state index in [4.69, 9.17) is 4.98 Å². The number of anilines is 2. The average molecular weight is 624 g/mol. The van der Waals surface area contributed by atoms with Crippen LogP contribution in [0.25, 0.3) is 33.4 Å². The predicted molar refractivity (Wildman–Crippen MR) is 151 cm³/mol. The Bertz CT molecular complexity index is 1610. The summed E-state index contributed by atoms with van der Waals surface area (Å²) in [7, 11) is 0. The summed E-state index contributed by atoms with van der Waals surface area (Å²) in [4.78, 5) is 25.6. The third-order valence-corrected chi connectivity index (χ3v) is 8.29. The number of halogens is 3. The van der Waals surface area contributed by atoms with E-state index < -0.39 is 0 Å². The predicted octanol–water partition coefficient (Wildman–Crippen LogP) is -6.05. The molecule has 0 atom stereocenters. The fourth-order valence-electron chi connectivity index (χ4n) is 5.75. The summed E-state index contributed by atoms with van der Waals surface area (Å²) in [5, 5.41) is 1.04. The van der Waals surface area contributed by atoms with Crippen LogP contribution >= 0.6 is 0 Å². The largest absolute Gasteiger partial charge is 1.00 e. The summed E-state index contributed by atoms with van der Waals surface area (Å²) in [5.74, 6) is 1.89. The van der Waals surface area contributed by atoms with Crippen LogP contribution in [-0.4, -0.2) is 41.1 Å². The maximum absolute atomic E-state index is 5.22. The van der Waals surface area contributed by atoms with Gasteiger partial charge in [-0.2, -0.15) is 4.98 Å². The summed E-state index contributed by atoms with van der Waals surface area (Å²) < 4.78 is 0. The first kappa shape index (κ1) is 31.4. The van der Waals surface area contributed by atoms with Crippen molar-refractivity contribution in [2.24, 2.45) is 0 Å². The van der Waals surface area contributed by atoms with E-state index in [1.807, 2.05) is 6.20 Å². The molecule has 0 bridgehead atoms. The molecule has 7 rings (SSSR count). The van der Waals surface area contributed by atoms with E-state index >= 15 is 0 Å². The highest BCUT2D eigenvalue weighted by Gasteiger charge is 2.38. The number of pyridine rings is 1. The van der Waals surface area contributed by atoms with Gasteiger partial charge in [-0.15, -0.1) is 0 Å². The van der Waals surface area contributed by atoms with Crippen LogP contribution in [0.1, 0.15) is 24.8 Å². The number of H-pyrrole nitrogens is 2. The number of quaternary nitrogens is 1. The number of rotatable bonds is 5. The van der Waals surface area contributed by atoms with Crippen molar-refractivity contribution in [1.29, 1.82) is 0 Å². The van der Waals surface area contributed by atoms with Crippen LogP contribution in [0.5, 0.6) is 0 Å². The molecule has 0 radical (unpaired) electrons. The van der Waals surface area contributed by atoms with E-state index in [1.54, 1.807) is 12.4 Å². The normalized spacial score (nSPS) is 15.5. The Hall–Kier alpha value is -3.56. The van der Waals surface area contributed by atoms with E-state index in [9.17, 15) is 0 Å². The number of nitrogens with one attached hydrogen (secondary N) is 2. The lowest BCUT2D eigenvalue weighted by Gasteiger charge is -2.34. The highest BCUT2D eigenvalue weighted by molar-refractivity contribution is 5.88. The standard InChI is InChI=1S/C31H30N8.3ClH/c32-31(11-4-12-31)25-9-7-23(8-10-25)28-26(22-5-2-1-3-6-22)19-24-20-35-30(37-29(24)36-28)39-17-15-38(16-18-39)27-21-33-13-14-34-27;;;/h1-3,5-10,13-14,19-21H,4,11-12,15-18,32H2;3*1H. The zero-order valence-electron chi connectivity index (χ0n) is 23.1. The number of nitrogens with zero attached hydrogens (tertiary/aromatic N) is 5. The fraction of sp³-hybridized carbons (Fsp3) is 0.258. The molecule has 2 aromatic carbocycles. The summed E-state index contributed by atoms with van der Waals surface area (Å²) >= 11 is 0. The van der Waals surface area contributed by atoms with Crippen molar-refractivity contribution < 1.29 is 52.9 Å². The van der Waals surface area contributed by atoms with Gasteiger partial charge in [0.05, 0.1) is 19.3 Å². The highest BCUT2D eigenvalue weighted by atomic mass is 35.5. The van der Waals surface area contributed by atoms with Gasteiger partial charge in [-0.1, -0.05) is 54.6 Å². The van der Waals surface area contributed by atoms with Crippen molar-refractivity contribution in [3.63, 3.8) is 0 Å². The van der Waals surface area contributed by atoms with Crippen molar-refractivity contribution in [1.82, 2.24) is 15.0 Å². The SMILES string of the molecule is [Cl-].[Cl-].[Cl-].[NH3+]C1(c2ccc(-c3nc4[nH+]c(N5CCN(c6cnccn6)CC5)[nH+]cc4cc3-c3ccccc3)cc2)CCC1. The van der Waals surface area contributed by atoms with E-state index in [0.29, 0.717) is 0 Å². The van der Waals surface area contributed by atoms with Gasteiger partial charge in [0.25, 0.3) is 0 Å². The second-order valence-corrected chi connectivity index (χ2v) is 10.7. The molecule has 1 aliphatic carbocycles. The van der Waals surface area contributed by atoms with Gasteiger partial charge in [0.15, 0.2) is 5.69 Å². The smallest absolute Gasteiger partial charge is 0.443 e. The Morgan fingerprint density at radius 3 is 2.17 bits per heavy atom. The lowest BCUT2D eigenvalue weighted by molar-refractivity contribution is -0.509. The van der Waals surface area contributed by atoms with Crippen molar-refractivity contribution >= 4 is 22.8 Å². The van der Waals surface area contributed by atoms with Crippen LogP contribution in [0.4, 0.5) is 11.8 Å². The molecule has 3 aromatic heterocycles. The molecule has 2 fully saturated rings. The molecule has 1 saturated heterocycles. The minimum Gasteiger partial charge on any atom is -1.00 e. The minimum absolute atomic E-state index is 0. The molecule has 1 aliphatic heterocycles. The van der Waals surface area contributed by atoms with Gasteiger partial charge in [-0.05, 0) is 23.0 Å². The summed E-state index contributed by atoms with van der Waals surface area (Å²) in [6, 6.07) is 21.7. The molecular weight excluding hydrogens is 591 g/mol. The number of hydrogen-bond acceptors (Lipinski definition) is 5. The monoisotopic (exact) mass is 622 g/mol. The molecule has 1 saturated carbocycles. The van der Waals surface area contributed by atoms with Crippen molar-refractivity contribution in [2.45, 2.75) is 24.8 Å². The fourth-order valence-corrected chi connectivity index (χ4v) is 5.75. The molecule has 5 N–H and O–H groups in total. The van der Waals surface area contributed by atoms with Crippen molar-refractivity contribution in [2.75, 3.05) is 36.0 Å². The molecule has 11 heteroatoms. The van der Waals surface area contributed by atoms with Crippen LogP contribution < -0.4 is 62.7 Å². The number of hydrogen-bond donors (Lipinski definition) is 1. The Labute approximate surface area is 264 Å². The Morgan fingerprint density at radius 2 is 1.52 bits per heavy atom. The quantitative estimate of drug-likeness (QED) is 0.210. The molecule has 0 spiro atoms. The lowest BCUT2D eigenvalue weighted by Crippen LogP contribution is -3.00. The van der Waals surface area contributed by atoms with Gasteiger partial charge < -0.3 is 47.9 Å². The van der Waals surface area contributed by atoms with Gasteiger partial charge in [0.2, 0.25) is 0 Å². The van der Waals surface area contributed by atoms with E-state index in [0.717, 1.165) is 84.2 Å². The molecule has 8 nitrogen and oxygen atoms in total. The van der Waals surface area contributed by atoms with Gasteiger partial charge in [-0.25, -0.2) is 14.9 Å². The molecule has 42 heavy (non-hydrogen) atoms. The minimum atomic E-state index is 0.